The van der Waals surface area contributed by atoms with Gasteiger partial charge in [0.1, 0.15) is 11.4 Å². The molecule has 6 rings (SSSR count). The maximum atomic E-state index is 12.5. The third-order valence-electron chi connectivity index (χ3n) is 6.93. The zero-order valence-corrected chi connectivity index (χ0v) is 20.0. The second-order valence-corrected chi connectivity index (χ2v) is 9.32. The van der Waals surface area contributed by atoms with Gasteiger partial charge in [0.2, 0.25) is 11.8 Å². The Kier molecular flexibility index (Phi) is 5.37. The second-order valence-electron chi connectivity index (χ2n) is 9.32. The van der Waals surface area contributed by atoms with E-state index in [4.69, 9.17) is 4.74 Å². The van der Waals surface area contributed by atoms with Crippen LogP contribution in [0.1, 0.15) is 27.9 Å². The second kappa shape index (κ2) is 8.70. The van der Waals surface area contributed by atoms with Gasteiger partial charge in [0, 0.05) is 50.2 Å². The van der Waals surface area contributed by atoms with Crippen LogP contribution in [-0.4, -0.2) is 58.9 Å². The maximum absolute atomic E-state index is 12.5. The highest BCUT2D eigenvalue weighted by atomic mass is 16.5. The van der Waals surface area contributed by atoms with Gasteiger partial charge in [0.25, 0.3) is 0 Å². The number of H-pyrrole nitrogens is 1. The number of aromatic amines is 1. The molecule has 3 heterocycles. The van der Waals surface area contributed by atoms with Crippen LogP contribution in [-0.2, 0) is 6.42 Å². The van der Waals surface area contributed by atoms with Crippen molar-refractivity contribution in [3.63, 3.8) is 0 Å². The Morgan fingerprint density at radius 3 is 2.71 bits per heavy atom. The smallest absolute Gasteiger partial charge is 0.233 e. The number of rotatable bonds is 5. The molecular weight excluding hydrogens is 440 g/mol. The minimum Gasteiger partial charge on any atom is -0.437 e. The third-order valence-corrected chi connectivity index (χ3v) is 6.93. The molecule has 2 aromatic carbocycles. The lowest BCUT2D eigenvalue weighted by Crippen LogP contribution is -2.44. The minimum atomic E-state index is 0.115. The van der Waals surface area contributed by atoms with Gasteiger partial charge in [0.15, 0.2) is 5.78 Å². The summed E-state index contributed by atoms with van der Waals surface area (Å²) in [6.07, 6.45) is 3.09. The van der Waals surface area contributed by atoms with E-state index in [2.05, 4.69) is 62.2 Å². The van der Waals surface area contributed by atoms with Crippen molar-refractivity contribution in [2.45, 2.75) is 19.8 Å². The summed E-state index contributed by atoms with van der Waals surface area (Å²) in [5.74, 6) is 1.51. The molecule has 0 saturated carbocycles. The number of hydrogen-bond acceptors (Lipinski definition) is 7. The van der Waals surface area contributed by atoms with Crippen molar-refractivity contribution in [1.82, 2.24) is 19.9 Å². The summed E-state index contributed by atoms with van der Waals surface area (Å²) < 4.78 is 6.24. The van der Waals surface area contributed by atoms with Crippen molar-refractivity contribution in [3.05, 3.63) is 65.4 Å². The van der Waals surface area contributed by atoms with Crippen molar-refractivity contribution in [3.8, 4) is 11.6 Å². The highest BCUT2D eigenvalue weighted by Gasteiger charge is 2.25. The standard InChI is InChI=1S/C27H28N6O2/c1-17-16-19(33-14-12-32(2)13-15-33)7-8-21(17)29-27-30-25-20(10-11-28-25)26(31-27)35-23-5-3-4-18-6-9-22(34)24(18)23/h3-5,7-8,10-11,16H,6,9,12-15H2,1-2H3,(H2,28,29,30,31). The SMILES string of the molecule is Cc1cc(N2CCN(C)CC2)ccc1Nc1nc(Oc2cccc3c2C(=O)CC3)c2cc[nH]c2n1. The quantitative estimate of drug-likeness (QED) is 0.440. The number of nitrogens with zero attached hydrogens (tertiary/aromatic N) is 4. The molecule has 1 aliphatic carbocycles. The van der Waals surface area contributed by atoms with Gasteiger partial charge in [-0.1, -0.05) is 12.1 Å². The molecule has 1 saturated heterocycles. The van der Waals surface area contributed by atoms with Crippen molar-refractivity contribution in [2.75, 3.05) is 43.4 Å². The maximum Gasteiger partial charge on any atom is 0.233 e. The lowest BCUT2D eigenvalue weighted by Gasteiger charge is -2.34. The highest BCUT2D eigenvalue weighted by Crippen LogP contribution is 2.36. The van der Waals surface area contributed by atoms with E-state index in [-0.39, 0.29) is 5.78 Å². The average Bonchev–Trinajstić information content (AvgIpc) is 3.48. The normalized spacial score (nSPS) is 16.1. The van der Waals surface area contributed by atoms with Gasteiger partial charge in [0.05, 0.1) is 10.9 Å². The first kappa shape index (κ1) is 21.6. The number of anilines is 3. The van der Waals surface area contributed by atoms with Crippen LogP contribution in [0, 0.1) is 6.92 Å². The Balaban J connectivity index is 1.29. The Morgan fingerprint density at radius 1 is 1.03 bits per heavy atom. The van der Waals surface area contributed by atoms with E-state index < -0.39 is 0 Å². The van der Waals surface area contributed by atoms with Crippen LogP contribution in [0.5, 0.6) is 11.6 Å². The molecule has 1 aliphatic heterocycles. The number of ketones is 1. The largest absolute Gasteiger partial charge is 0.437 e. The van der Waals surface area contributed by atoms with Crippen LogP contribution in [0.25, 0.3) is 11.0 Å². The molecule has 35 heavy (non-hydrogen) atoms. The molecule has 8 nitrogen and oxygen atoms in total. The van der Waals surface area contributed by atoms with Gasteiger partial charge in [-0.05, 0) is 61.9 Å². The third kappa shape index (κ3) is 4.10. The summed E-state index contributed by atoms with van der Waals surface area (Å²) in [5, 5.41) is 4.13. The molecule has 8 heteroatoms. The molecule has 0 bridgehead atoms. The molecule has 178 valence electrons. The topological polar surface area (TPSA) is 86.4 Å². The molecule has 0 radical (unpaired) electrons. The van der Waals surface area contributed by atoms with Gasteiger partial charge in [-0.25, -0.2) is 0 Å². The van der Waals surface area contributed by atoms with Crippen LogP contribution in [0.3, 0.4) is 0 Å². The summed E-state index contributed by atoms with van der Waals surface area (Å²) in [5.41, 5.74) is 5.65. The number of fused-ring (bicyclic) bond motifs is 2. The molecule has 0 unspecified atom stereocenters. The van der Waals surface area contributed by atoms with Gasteiger partial charge in [-0.2, -0.15) is 9.97 Å². The molecule has 1 fully saturated rings. The van der Waals surface area contributed by atoms with Gasteiger partial charge in [-0.15, -0.1) is 0 Å². The van der Waals surface area contributed by atoms with E-state index in [1.165, 1.54) is 5.69 Å². The number of benzene rings is 2. The first-order chi connectivity index (χ1) is 17.0. The lowest BCUT2D eigenvalue weighted by atomic mass is 10.1. The number of Topliss-reactive ketones (excluding diaryl/α,β-unsaturated/α-hetero) is 1. The zero-order valence-electron chi connectivity index (χ0n) is 20.0. The van der Waals surface area contributed by atoms with Crippen LogP contribution in [0.4, 0.5) is 17.3 Å². The Labute approximate surface area is 203 Å². The van der Waals surface area contributed by atoms with E-state index in [0.717, 1.165) is 54.8 Å². The zero-order chi connectivity index (χ0) is 23.9. The number of ether oxygens (including phenoxy) is 1. The summed E-state index contributed by atoms with van der Waals surface area (Å²) in [7, 11) is 2.16. The Hall–Kier alpha value is -3.91. The van der Waals surface area contributed by atoms with E-state index in [1.807, 2.05) is 30.5 Å². The molecule has 0 spiro atoms. The predicted octanol–water partition coefficient (Wildman–Crippen LogP) is 4.68. The number of aryl methyl sites for hydroxylation is 2. The average molecular weight is 469 g/mol. The van der Waals surface area contributed by atoms with Crippen LogP contribution < -0.4 is 15.0 Å². The van der Waals surface area contributed by atoms with Gasteiger partial charge in [-0.3, -0.25) is 4.79 Å². The number of likely N-dealkylation sites (N-methyl/N-ethyl adjacent to an activating group) is 1. The van der Waals surface area contributed by atoms with E-state index in [9.17, 15) is 4.79 Å². The predicted molar refractivity (Wildman–Crippen MR) is 137 cm³/mol. The summed E-state index contributed by atoms with van der Waals surface area (Å²) in [6.45, 7) is 6.29. The summed E-state index contributed by atoms with van der Waals surface area (Å²) >= 11 is 0. The molecule has 2 aliphatic rings. The summed E-state index contributed by atoms with van der Waals surface area (Å²) in [4.78, 5) is 29.7. The minimum absolute atomic E-state index is 0.115. The van der Waals surface area contributed by atoms with Crippen LogP contribution in [0.2, 0.25) is 0 Å². The van der Waals surface area contributed by atoms with Crippen molar-refractivity contribution in [2.24, 2.45) is 0 Å². The van der Waals surface area contributed by atoms with Crippen LogP contribution in [0.15, 0.2) is 48.7 Å². The van der Waals surface area contributed by atoms with Crippen molar-refractivity contribution in [1.29, 1.82) is 0 Å². The highest BCUT2D eigenvalue weighted by molar-refractivity contribution is 6.03. The monoisotopic (exact) mass is 468 g/mol. The van der Waals surface area contributed by atoms with Crippen molar-refractivity contribution < 1.29 is 9.53 Å². The first-order valence-electron chi connectivity index (χ1n) is 12.0. The first-order valence-corrected chi connectivity index (χ1v) is 12.0. The number of nitrogens with one attached hydrogen (secondary N) is 2. The molecule has 4 aromatic rings. The lowest BCUT2D eigenvalue weighted by molar-refractivity contribution is 0.0992. The number of carbonyl (C=O) groups excluding carboxylic acids is 1. The number of piperazine rings is 1. The number of carbonyl (C=O) groups is 1. The summed E-state index contributed by atoms with van der Waals surface area (Å²) in [6, 6.07) is 14.1. The van der Waals surface area contributed by atoms with E-state index in [0.29, 0.717) is 35.2 Å². The Bertz CT molecular complexity index is 1420. The van der Waals surface area contributed by atoms with Crippen molar-refractivity contribution >= 4 is 34.1 Å². The van der Waals surface area contributed by atoms with E-state index in [1.54, 1.807) is 0 Å². The Morgan fingerprint density at radius 2 is 1.89 bits per heavy atom. The molecule has 2 N–H and O–H groups in total. The van der Waals surface area contributed by atoms with Gasteiger partial charge >= 0.3 is 0 Å². The number of hydrogen-bond donors (Lipinski definition) is 2. The molecule has 0 atom stereocenters. The number of aromatic nitrogens is 3. The fourth-order valence-corrected chi connectivity index (χ4v) is 4.88. The van der Waals surface area contributed by atoms with Gasteiger partial charge < -0.3 is 24.8 Å². The van der Waals surface area contributed by atoms with E-state index >= 15 is 0 Å². The molecule has 0 amide bonds. The van der Waals surface area contributed by atoms with Crippen LogP contribution >= 0.6 is 0 Å². The fourth-order valence-electron chi connectivity index (χ4n) is 4.88. The molecular formula is C27H28N6O2. The fraction of sp³-hybridized carbons (Fsp3) is 0.296. The molecule has 2 aromatic heterocycles.